The molecule has 1 unspecified atom stereocenters. The van der Waals surface area contributed by atoms with Crippen LogP contribution in [0, 0.1) is 0 Å². The van der Waals surface area contributed by atoms with Crippen LogP contribution in [0.5, 0.6) is 0 Å². The number of rotatable bonds is 3. The topological polar surface area (TPSA) is 68.2 Å². The summed E-state index contributed by atoms with van der Waals surface area (Å²) in [4.78, 5) is 0. The summed E-state index contributed by atoms with van der Waals surface area (Å²) in [5, 5.41) is 18.8. The second-order valence-corrected chi connectivity index (χ2v) is 2.56. The summed E-state index contributed by atoms with van der Waals surface area (Å²) in [6, 6.07) is 0. The first-order valence-corrected chi connectivity index (χ1v) is 3.50. The van der Waals surface area contributed by atoms with Crippen molar-refractivity contribution in [3.63, 3.8) is 0 Å². The molecule has 1 rings (SSSR count). The smallest absolute Gasteiger partial charge is 0.184 e. The van der Waals surface area contributed by atoms with Gasteiger partial charge in [0.1, 0.15) is 18.3 Å². The number of hydrogen-bond donors (Lipinski definition) is 2. The van der Waals surface area contributed by atoms with Gasteiger partial charge in [-0.3, -0.25) is 0 Å². The van der Waals surface area contributed by atoms with E-state index in [1.165, 1.54) is 0 Å². The Morgan fingerprint density at radius 2 is 2.33 bits per heavy atom. The summed E-state index contributed by atoms with van der Waals surface area (Å²) in [5.41, 5.74) is 0. The van der Waals surface area contributed by atoms with E-state index in [9.17, 15) is 10.2 Å². The zero-order valence-corrected chi connectivity index (χ0v) is 6.55. The fourth-order valence-corrected chi connectivity index (χ4v) is 1.15. The third-order valence-corrected chi connectivity index (χ3v) is 1.79. The van der Waals surface area contributed by atoms with E-state index in [1.807, 2.05) is 0 Å². The van der Waals surface area contributed by atoms with Crippen LogP contribution >= 0.6 is 0 Å². The standard InChI is InChI=1S/C7H14O5/c1-10-3-4-5(8)6(11-2)7(9)12-4/h4-9H,3H2,1-2H3/t4-,5-,6+,7?/m1/s1/i1D,2D. The lowest BCUT2D eigenvalue weighted by Crippen LogP contribution is -2.35. The summed E-state index contributed by atoms with van der Waals surface area (Å²) >= 11 is 0. The average molecular weight is 180 g/mol. The van der Waals surface area contributed by atoms with Gasteiger partial charge < -0.3 is 24.4 Å². The molecular weight excluding hydrogens is 164 g/mol. The summed E-state index contributed by atoms with van der Waals surface area (Å²) in [7, 11) is -0.583. The van der Waals surface area contributed by atoms with Gasteiger partial charge in [-0.15, -0.1) is 0 Å². The van der Waals surface area contributed by atoms with Crippen LogP contribution in [0.2, 0.25) is 0 Å². The van der Waals surface area contributed by atoms with E-state index in [0.717, 1.165) is 0 Å². The monoisotopic (exact) mass is 180 g/mol. The second-order valence-electron chi connectivity index (χ2n) is 2.56. The fraction of sp³-hybridized carbons (Fsp3) is 1.00. The Morgan fingerprint density at radius 3 is 3.00 bits per heavy atom. The maximum absolute atomic E-state index is 9.54. The number of ether oxygens (including phenoxy) is 3. The van der Waals surface area contributed by atoms with E-state index in [1.54, 1.807) is 0 Å². The van der Waals surface area contributed by atoms with E-state index in [4.69, 9.17) is 17.0 Å². The minimum Gasteiger partial charge on any atom is -0.387 e. The molecule has 1 aliphatic heterocycles. The van der Waals surface area contributed by atoms with Gasteiger partial charge in [-0.2, -0.15) is 0 Å². The predicted octanol–water partition coefficient (Wildman–Crippen LogP) is -1.27. The Morgan fingerprint density at radius 1 is 1.50 bits per heavy atom. The molecule has 1 aliphatic rings. The molecule has 0 aromatic heterocycles. The lowest BCUT2D eigenvalue weighted by Gasteiger charge is -2.14. The van der Waals surface area contributed by atoms with Crippen molar-refractivity contribution < 1.29 is 27.2 Å². The predicted molar refractivity (Wildman–Crippen MR) is 39.6 cm³/mol. The number of hydrogen-bond acceptors (Lipinski definition) is 5. The van der Waals surface area contributed by atoms with Crippen LogP contribution in [-0.4, -0.2) is 55.6 Å². The van der Waals surface area contributed by atoms with Crippen molar-refractivity contribution >= 4 is 0 Å². The molecule has 72 valence electrons. The lowest BCUT2D eigenvalue weighted by molar-refractivity contribution is -0.141. The van der Waals surface area contributed by atoms with Crippen LogP contribution in [0.3, 0.4) is 0 Å². The Kier molecular flexibility index (Phi) is 2.50. The third-order valence-electron chi connectivity index (χ3n) is 1.79. The summed E-state index contributed by atoms with van der Waals surface area (Å²) in [6.07, 6.45) is -3.88. The zero-order valence-electron chi connectivity index (χ0n) is 8.55. The van der Waals surface area contributed by atoms with E-state index >= 15 is 0 Å². The summed E-state index contributed by atoms with van der Waals surface area (Å²) in [6.45, 7) is 0.0274. The highest BCUT2D eigenvalue weighted by molar-refractivity contribution is 4.86. The molecular formula is C7H14O5. The normalized spacial score (nSPS) is 44.2. The van der Waals surface area contributed by atoms with Crippen LogP contribution in [0.15, 0.2) is 0 Å². The van der Waals surface area contributed by atoms with Crippen LogP contribution < -0.4 is 0 Å². The van der Waals surface area contributed by atoms with Crippen LogP contribution in [-0.2, 0) is 14.2 Å². The molecule has 12 heavy (non-hydrogen) atoms. The Bertz CT molecular complexity index is 170. The number of aliphatic hydroxyl groups is 2. The molecule has 0 bridgehead atoms. The molecule has 0 aromatic rings. The fourth-order valence-electron chi connectivity index (χ4n) is 1.15. The molecule has 1 saturated heterocycles. The molecule has 4 atom stereocenters. The van der Waals surface area contributed by atoms with E-state index in [2.05, 4.69) is 0 Å². The highest BCUT2D eigenvalue weighted by Gasteiger charge is 2.42. The van der Waals surface area contributed by atoms with Gasteiger partial charge in [-0.05, 0) is 0 Å². The molecule has 0 saturated carbocycles. The van der Waals surface area contributed by atoms with Crippen molar-refractivity contribution in [3.8, 4) is 0 Å². The first-order chi connectivity index (χ1) is 6.70. The Hall–Kier alpha value is -0.200. The lowest BCUT2D eigenvalue weighted by atomic mass is 10.1. The Labute approximate surface area is 73.7 Å². The van der Waals surface area contributed by atoms with Gasteiger partial charge in [0.2, 0.25) is 0 Å². The van der Waals surface area contributed by atoms with E-state index in [0.29, 0.717) is 0 Å². The zero-order chi connectivity index (χ0) is 10.6. The average Bonchev–Trinajstić information content (AvgIpc) is 2.43. The molecule has 0 amide bonds. The first kappa shape index (κ1) is 7.23. The number of methoxy groups -OCH3 is 2. The minimum absolute atomic E-state index is 0.0274. The Balaban J connectivity index is 2.42. The van der Waals surface area contributed by atoms with Gasteiger partial charge in [-0.1, -0.05) is 0 Å². The van der Waals surface area contributed by atoms with Crippen LogP contribution in [0.1, 0.15) is 2.74 Å². The summed E-state index contributed by atoms with van der Waals surface area (Å²) < 4.78 is 28.0. The molecule has 5 nitrogen and oxygen atoms in total. The third kappa shape index (κ3) is 1.75. The quantitative estimate of drug-likeness (QED) is 0.566. The molecule has 0 aliphatic carbocycles. The molecule has 1 heterocycles. The maximum atomic E-state index is 9.54. The van der Waals surface area contributed by atoms with Crippen LogP contribution in [0.25, 0.3) is 0 Å². The van der Waals surface area contributed by atoms with Gasteiger partial charge in [0.25, 0.3) is 0 Å². The van der Waals surface area contributed by atoms with Gasteiger partial charge in [0.15, 0.2) is 6.29 Å². The van der Waals surface area contributed by atoms with Crippen molar-refractivity contribution in [1.29, 1.82) is 0 Å². The molecule has 0 spiro atoms. The molecule has 2 N–H and O–H groups in total. The molecule has 0 aromatic carbocycles. The number of aliphatic hydroxyl groups excluding tert-OH is 2. The van der Waals surface area contributed by atoms with Crippen molar-refractivity contribution in [2.75, 3.05) is 20.8 Å². The van der Waals surface area contributed by atoms with E-state index in [-0.39, 0.29) is 20.8 Å². The molecule has 1 fully saturated rings. The van der Waals surface area contributed by atoms with Gasteiger partial charge in [-0.25, -0.2) is 0 Å². The van der Waals surface area contributed by atoms with Crippen LogP contribution in [0.4, 0.5) is 0 Å². The summed E-state index contributed by atoms with van der Waals surface area (Å²) in [5.74, 6) is 0. The van der Waals surface area contributed by atoms with Crippen molar-refractivity contribution in [1.82, 2.24) is 0 Å². The van der Waals surface area contributed by atoms with Gasteiger partial charge in [0.05, 0.1) is 9.35 Å². The largest absolute Gasteiger partial charge is 0.387 e. The SMILES string of the molecule is [2H]COC[C@H]1OC(O)[C@@H](OC[2H])[C@@H]1O. The van der Waals surface area contributed by atoms with Crippen molar-refractivity contribution in [2.24, 2.45) is 0 Å². The van der Waals surface area contributed by atoms with Crippen molar-refractivity contribution in [3.05, 3.63) is 0 Å². The first-order valence-electron chi connectivity index (χ1n) is 4.91. The van der Waals surface area contributed by atoms with Crippen molar-refractivity contribution in [2.45, 2.75) is 24.6 Å². The molecule has 0 radical (unpaired) electrons. The van der Waals surface area contributed by atoms with E-state index < -0.39 is 24.6 Å². The van der Waals surface area contributed by atoms with Gasteiger partial charge >= 0.3 is 0 Å². The maximum Gasteiger partial charge on any atom is 0.184 e. The van der Waals surface area contributed by atoms with Gasteiger partial charge in [0, 0.05) is 14.2 Å². The molecule has 5 heteroatoms. The second kappa shape index (κ2) is 4.15. The highest BCUT2D eigenvalue weighted by atomic mass is 16.7. The highest BCUT2D eigenvalue weighted by Crippen LogP contribution is 2.21. The minimum atomic E-state index is -1.24.